The van der Waals surface area contributed by atoms with Gasteiger partial charge in [-0.25, -0.2) is 0 Å². The number of nitrogens with one attached hydrogen (secondary N) is 2. The van der Waals surface area contributed by atoms with Gasteiger partial charge in [0.2, 0.25) is 0 Å². The number of hydrogen-bond donors (Lipinski definition) is 4. The molecule has 0 saturated carbocycles. The van der Waals surface area contributed by atoms with Crippen molar-refractivity contribution < 1.29 is 19.4 Å². The van der Waals surface area contributed by atoms with E-state index in [0.717, 1.165) is 11.3 Å². The minimum absolute atomic E-state index is 0.00339. The molecule has 2 rings (SSSR count). The molecule has 5 N–H and O–H groups in total. The number of amidine groups is 1. The number of ether oxygens (including phenoxy) is 2. The Labute approximate surface area is 165 Å². The predicted octanol–water partition coefficient (Wildman–Crippen LogP) is 2.97. The van der Waals surface area contributed by atoms with Gasteiger partial charge in [0.25, 0.3) is 0 Å². The molecule has 0 radical (unpaired) electrons. The number of aliphatic hydroxyl groups excluding tert-OH is 1. The molecule has 1 atom stereocenters. The molecule has 2 aromatic rings. The maximum atomic E-state index is 11.3. The van der Waals surface area contributed by atoms with Gasteiger partial charge in [0.1, 0.15) is 18.2 Å². The Morgan fingerprint density at radius 3 is 2.43 bits per heavy atom. The third-order valence-electron chi connectivity index (χ3n) is 4.01. The highest BCUT2D eigenvalue weighted by Crippen LogP contribution is 2.27. The summed E-state index contributed by atoms with van der Waals surface area (Å²) in [6.07, 6.45) is -0.00842. The second-order valence-corrected chi connectivity index (χ2v) is 6.68. The van der Waals surface area contributed by atoms with Crippen LogP contribution in [-0.4, -0.2) is 29.6 Å². The van der Waals surface area contributed by atoms with Crippen LogP contribution in [0.2, 0.25) is 0 Å². The van der Waals surface area contributed by atoms with E-state index in [9.17, 15) is 9.90 Å². The van der Waals surface area contributed by atoms with Crippen molar-refractivity contribution in [1.29, 1.82) is 5.41 Å². The van der Waals surface area contributed by atoms with Crippen LogP contribution >= 0.6 is 0 Å². The van der Waals surface area contributed by atoms with Crippen molar-refractivity contribution in [3.63, 3.8) is 0 Å². The summed E-state index contributed by atoms with van der Waals surface area (Å²) >= 11 is 0. The molecule has 0 heterocycles. The molecule has 0 fully saturated rings. The molecule has 0 aromatic heterocycles. The molecule has 0 aliphatic rings. The topological polar surface area (TPSA) is 118 Å². The Bertz CT molecular complexity index is 819. The molecule has 150 valence electrons. The fraction of sp³-hybridized carbons (Fsp3) is 0.333. The second kappa shape index (κ2) is 9.75. The largest absolute Gasteiger partial charge is 0.491 e. The van der Waals surface area contributed by atoms with Crippen molar-refractivity contribution in [3.8, 4) is 5.75 Å². The average molecular weight is 385 g/mol. The zero-order valence-corrected chi connectivity index (χ0v) is 16.4. The van der Waals surface area contributed by atoms with Gasteiger partial charge in [-0.1, -0.05) is 6.07 Å². The number of nitrogens with two attached hydrogens (primary N) is 1. The SMILES string of the molecule is CC(=O)OCC(Nc1ccc(C(=N)N)cc1)c1ccc(OC(C)C)c(CO)c1. The fourth-order valence-electron chi connectivity index (χ4n) is 2.68. The molecule has 2 aromatic carbocycles. The van der Waals surface area contributed by atoms with Crippen LogP contribution < -0.4 is 15.8 Å². The quantitative estimate of drug-likeness (QED) is 0.299. The number of hydrogen-bond acceptors (Lipinski definition) is 6. The van der Waals surface area contributed by atoms with Crippen LogP contribution in [0.15, 0.2) is 42.5 Å². The van der Waals surface area contributed by atoms with Crippen molar-refractivity contribution in [3.05, 3.63) is 59.2 Å². The summed E-state index contributed by atoms with van der Waals surface area (Å²) in [7, 11) is 0. The molecule has 28 heavy (non-hydrogen) atoms. The lowest BCUT2D eigenvalue weighted by atomic mass is 10.0. The molecular weight excluding hydrogens is 358 g/mol. The van der Waals surface area contributed by atoms with Gasteiger partial charge in [0.15, 0.2) is 0 Å². The first-order valence-electron chi connectivity index (χ1n) is 9.04. The van der Waals surface area contributed by atoms with Gasteiger partial charge in [0, 0.05) is 23.7 Å². The Morgan fingerprint density at radius 2 is 1.89 bits per heavy atom. The van der Waals surface area contributed by atoms with Gasteiger partial charge in [-0.05, 0) is 55.8 Å². The molecule has 0 aliphatic heterocycles. The van der Waals surface area contributed by atoms with E-state index in [1.54, 1.807) is 24.3 Å². The van der Waals surface area contributed by atoms with E-state index >= 15 is 0 Å². The number of carbonyl (C=O) groups is 1. The van der Waals surface area contributed by atoms with Crippen molar-refractivity contribution in [2.24, 2.45) is 5.73 Å². The lowest BCUT2D eigenvalue weighted by molar-refractivity contribution is -0.141. The molecule has 1 unspecified atom stereocenters. The van der Waals surface area contributed by atoms with Gasteiger partial charge in [0.05, 0.1) is 18.8 Å². The lowest BCUT2D eigenvalue weighted by Gasteiger charge is -2.22. The molecule has 7 nitrogen and oxygen atoms in total. The third kappa shape index (κ3) is 5.99. The monoisotopic (exact) mass is 385 g/mol. The standard InChI is InChI=1S/C21H27N3O4/c1-13(2)28-20-9-6-16(10-17(20)11-25)19(12-27-14(3)26)24-18-7-4-15(5-8-18)21(22)23/h4-10,13,19,24-25H,11-12H2,1-3H3,(H3,22,23). The highest BCUT2D eigenvalue weighted by Gasteiger charge is 2.16. The van der Waals surface area contributed by atoms with Crippen molar-refractivity contribution in [2.75, 3.05) is 11.9 Å². The predicted molar refractivity (Wildman–Crippen MR) is 109 cm³/mol. The summed E-state index contributed by atoms with van der Waals surface area (Å²) in [6.45, 7) is 5.16. The number of carbonyl (C=O) groups excluding carboxylic acids is 1. The number of rotatable bonds is 9. The van der Waals surface area contributed by atoms with Gasteiger partial charge >= 0.3 is 5.97 Å². The number of benzene rings is 2. The summed E-state index contributed by atoms with van der Waals surface area (Å²) in [5, 5.41) is 20.5. The fourth-order valence-corrected chi connectivity index (χ4v) is 2.68. The Balaban J connectivity index is 2.28. The van der Waals surface area contributed by atoms with Crippen LogP contribution in [0.4, 0.5) is 5.69 Å². The first kappa shape index (κ1) is 21.2. The number of esters is 1. The Hall–Kier alpha value is -3.06. The molecule has 0 amide bonds. The summed E-state index contributed by atoms with van der Waals surface area (Å²) in [5.41, 5.74) is 8.40. The summed E-state index contributed by atoms with van der Waals surface area (Å²) in [4.78, 5) is 11.3. The van der Waals surface area contributed by atoms with Crippen LogP contribution in [0.5, 0.6) is 5.75 Å². The van der Waals surface area contributed by atoms with E-state index in [1.165, 1.54) is 6.92 Å². The zero-order chi connectivity index (χ0) is 20.7. The number of nitrogen functional groups attached to an aromatic ring is 1. The Kier molecular flexibility index (Phi) is 7.40. The molecule has 0 saturated heterocycles. The average Bonchev–Trinajstić information content (AvgIpc) is 2.65. The van der Waals surface area contributed by atoms with E-state index in [-0.39, 0.29) is 37.2 Å². The maximum absolute atomic E-state index is 11.3. The molecule has 7 heteroatoms. The van der Waals surface area contributed by atoms with E-state index in [2.05, 4.69) is 5.32 Å². The van der Waals surface area contributed by atoms with E-state index < -0.39 is 0 Å². The summed E-state index contributed by atoms with van der Waals surface area (Å²) < 4.78 is 10.9. The third-order valence-corrected chi connectivity index (χ3v) is 4.01. The van der Waals surface area contributed by atoms with Gasteiger partial charge < -0.3 is 25.6 Å². The maximum Gasteiger partial charge on any atom is 0.302 e. The zero-order valence-electron chi connectivity index (χ0n) is 16.4. The minimum atomic E-state index is -0.374. The second-order valence-electron chi connectivity index (χ2n) is 6.68. The lowest BCUT2D eigenvalue weighted by Crippen LogP contribution is -2.19. The molecule has 0 aliphatic carbocycles. The Morgan fingerprint density at radius 1 is 1.21 bits per heavy atom. The van der Waals surface area contributed by atoms with Crippen molar-refractivity contribution in [2.45, 2.75) is 39.5 Å². The van der Waals surface area contributed by atoms with Crippen LogP contribution in [-0.2, 0) is 16.1 Å². The van der Waals surface area contributed by atoms with Crippen molar-refractivity contribution in [1.82, 2.24) is 0 Å². The molecular formula is C21H27N3O4. The first-order chi connectivity index (χ1) is 13.3. The highest BCUT2D eigenvalue weighted by molar-refractivity contribution is 5.95. The van der Waals surface area contributed by atoms with Gasteiger partial charge in [-0.15, -0.1) is 0 Å². The molecule has 0 bridgehead atoms. The van der Waals surface area contributed by atoms with Gasteiger partial charge in [-0.2, -0.15) is 0 Å². The van der Waals surface area contributed by atoms with E-state index in [4.69, 9.17) is 20.6 Å². The molecule has 0 spiro atoms. The highest BCUT2D eigenvalue weighted by atomic mass is 16.5. The smallest absolute Gasteiger partial charge is 0.302 e. The number of aliphatic hydroxyl groups is 1. The van der Waals surface area contributed by atoms with Gasteiger partial charge in [-0.3, -0.25) is 10.2 Å². The van der Waals surface area contributed by atoms with Crippen LogP contribution in [0.25, 0.3) is 0 Å². The van der Waals surface area contributed by atoms with E-state index in [1.807, 2.05) is 32.0 Å². The first-order valence-corrected chi connectivity index (χ1v) is 9.04. The van der Waals surface area contributed by atoms with Crippen LogP contribution in [0.1, 0.15) is 43.5 Å². The summed E-state index contributed by atoms with van der Waals surface area (Å²) in [5.74, 6) is 0.246. The normalized spacial score (nSPS) is 11.8. The number of anilines is 1. The minimum Gasteiger partial charge on any atom is -0.491 e. The van der Waals surface area contributed by atoms with Crippen molar-refractivity contribution >= 4 is 17.5 Å². The van der Waals surface area contributed by atoms with Crippen LogP contribution in [0, 0.1) is 5.41 Å². The summed E-state index contributed by atoms with van der Waals surface area (Å²) in [6, 6.07) is 12.3. The van der Waals surface area contributed by atoms with Crippen LogP contribution in [0.3, 0.4) is 0 Å². The van der Waals surface area contributed by atoms with E-state index in [0.29, 0.717) is 16.9 Å².